The molecule has 80 valence electrons. The van der Waals surface area contributed by atoms with Crippen molar-refractivity contribution in [3.8, 4) is 0 Å². The number of aromatic nitrogens is 1. The van der Waals surface area contributed by atoms with E-state index in [2.05, 4.69) is 24.3 Å². The third-order valence-electron chi connectivity index (χ3n) is 2.49. The van der Waals surface area contributed by atoms with Gasteiger partial charge >= 0.3 is 0 Å². The van der Waals surface area contributed by atoms with Gasteiger partial charge in [-0.15, -0.1) is 0 Å². The number of hydrogen-bond acceptors (Lipinski definition) is 3. The second-order valence-electron chi connectivity index (χ2n) is 4.67. The first-order chi connectivity index (χ1) is 6.46. The van der Waals surface area contributed by atoms with Crippen molar-refractivity contribution in [2.45, 2.75) is 34.1 Å². The molecule has 1 rings (SSSR count). The van der Waals surface area contributed by atoms with Crippen LogP contribution in [0.1, 0.15) is 30.9 Å². The summed E-state index contributed by atoms with van der Waals surface area (Å²) in [4.78, 5) is 0. The first kappa shape index (κ1) is 11.2. The molecule has 0 aromatic carbocycles. The van der Waals surface area contributed by atoms with Gasteiger partial charge in [0.15, 0.2) is 0 Å². The molecule has 3 nitrogen and oxygen atoms in total. The second kappa shape index (κ2) is 4.13. The number of hydrogen-bond donors (Lipinski definition) is 1. The maximum absolute atomic E-state index is 5.15. The van der Waals surface area contributed by atoms with Crippen molar-refractivity contribution in [2.24, 2.45) is 5.41 Å². The van der Waals surface area contributed by atoms with Crippen molar-refractivity contribution in [3.63, 3.8) is 0 Å². The van der Waals surface area contributed by atoms with Gasteiger partial charge in [0.25, 0.3) is 0 Å². The largest absolute Gasteiger partial charge is 0.361 e. The predicted octanol–water partition coefficient (Wildman–Crippen LogP) is 2.08. The summed E-state index contributed by atoms with van der Waals surface area (Å²) in [6, 6.07) is 0. The molecule has 0 spiro atoms. The van der Waals surface area contributed by atoms with Gasteiger partial charge in [0, 0.05) is 12.1 Å². The highest BCUT2D eigenvalue weighted by atomic mass is 16.5. The fourth-order valence-electron chi connectivity index (χ4n) is 1.77. The predicted molar refractivity (Wildman–Crippen MR) is 57.4 cm³/mol. The highest BCUT2D eigenvalue weighted by Crippen LogP contribution is 2.24. The van der Waals surface area contributed by atoms with Gasteiger partial charge in [-0.05, 0) is 32.7 Å². The molecule has 0 atom stereocenters. The van der Waals surface area contributed by atoms with Crippen molar-refractivity contribution in [3.05, 3.63) is 17.0 Å². The monoisotopic (exact) mass is 196 g/mol. The third-order valence-corrected chi connectivity index (χ3v) is 2.49. The summed E-state index contributed by atoms with van der Waals surface area (Å²) < 4.78 is 5.15. The molecule has 0 unspecified atom stereocenters. The number of nitrogens with zero attached hydrogens (tertiary/aromatic N) is 1. The van der Waals surface area contributed by atoms with Gasteiger partial charge in [-0.1, -0.05) is 19.0 Å². The maximum atomic E-state index is 5.15. The lowest BCUT2D eigenvalue weighted by atomic mass is 9.85. The van der Waals surface area contributed by atoms with Crippen LogP contribution in [0, 0.1) is 19.3 Å². The fourth-order valence-corrected chi connectivity index (χ4v) is 1.77. The average molecular weight is 196 g/mol. The van der Waals surface area contributed by atoms with Gasteiger partial charge in [-0.25, -0.2) is 0 Å². The molecule has 0 aliphatic carbocycles. The molecule has 0 fully saturated rings. The molecular weight excluding hydrogens is 176 g/mol. The van der Waals surface area contributed by atoms with E-state index >= 15 is 0 Å². The minimum absolute atomic E-state index is 0.246. The molecule has 3 heteroatoms. The zero-order valence-corrected chi connectivity index (χ0v) is 9.77. The Bertz CT molecular complexity index is 283. The molecule has 14 heavy (non-hydrogen) atoms. The summed E-state index contributed by atoms with van der Waals surface area (Å²) in [6.45, 7) is 9.47. The average Bonchev–Trinajstić information content (AvgIpc) is 2.35. The highest BCUT2D eigenvalue weighted by molar-refractivity contribution is 5.22. The van der Waals surface area contributed by atoms with E-state index in [0.717, 1.165) is 24.4 Å². The summed E-state index contributed by atoms with van der Waals surface area (Å²) in [5.74, 6) is 0.951. The molecule has 1 aromatic heterocycles. The summed E-state index contributed by atoms with van der Waals surface area (Å²) in [5, 5.41) is 7.17. The summed E-state index contributed by atoms with van der Waals surface area (Å²) in [7, 11) is 1.98. The van der Waals surface area contributed by atoms with Gasteiger partial charge in [0.2, 0.25) is 0 Å². The summed E-state index contributed by atoms with van der Waals surface area (Å²) in [5.41, 5.74) is 2.52. The molecule has 0 saturated heterocycles. The normalized spacial score (nSPS) is 12.1. The van der Waals surface area contributed by atoms with Crippen LogP contribution in [0.4, 0.5) is 0 Å². The van der Waals surface area contributed by atoms with Crippen molar-refractivity contribution < 1.29 is 4.52 Å². The summed E-state index contributed by atoms with van der Waals surface area (Å²) >= 11 is 0. The summed E-state index contributed by atoms with van der Waals surface area (Å²) in [6.07, 6.45) is 1.01. The SMILES string of the molecule is CNCC(C)(C)Cc1c(C)noc1C. The van der Waals surface area contributed by atoms with Crippen LogP contribution in [-0.2, 0) is 6.42 Å². The lowest BCUT2D eigenvalue weighted by Crippen LogP contribution is -2.29. The number of nitrogens with one attached hydrogen (secondary N) is 1. The highest BCUT2D eigenvalue weighted by Gasteiger charge is 2.21. The Hall–Kier alpha value is -0.830. The number of aryl methyl sites for hydroxylation is 2. The van der Waals surface area contributed by atoms with Crippen LogP contribution in [0.25, 0.3) is 0 Å². The van der Waals surface area contributed by atoms with E-state index in [9.17, 15) is 0 Å². The second-order valence-corrected chi connectivity index (χ2v) is 4.67. The topological polar surface area (TPSA) is 38.1 Å². The molecule has 0 radical (unpaired) electrons. The lowest BCUT2D eigenvalue weighted by molar-refractivity contribution is 0.344. The van der Waals surface area contributed by atoms with E-state index < -0.39 is 0 Å². The van der Waals surface area contributed by atoms with Crippen molar-refractivity contribution >= 4 is 0 Å². The molecule has 0 bridgehead atoms. The van der Waals surface area contributed by atoms with E-state index in [-0.39, 0.29) is 5.41 Å². The van der Waals surface area contributed by atoms with Crippen LogP contribution >= 0.6 is 0 Å². The zero-order chi connectivity index (χ0) is 10.8. The van der Waals surface area contributed by atoms with Gasteiger partial charge < -0.3 is 9.84 Å². The molecule has 1 aromatic rings. The Kier molecular flexibility index (Phi) is 3.32. The van der Waals surface area contributed by atoms with Gasteiger partial charge in [-0.2, -0.15) is 0 Å². The van der Waals surface area contributed by atoms with Crippen LogP contribution in [0.3, 0.4) is 0 Å². The van der Waals surface area contributed by atoms with E-state index in [1.54, 1.807) is 0 Å². The van der Waals surface area contributed by atoms with Crippen LogP contribution in [-0.4, -0.2) is 18.7 Å². The van der Waals surface area contributed by atoms with Gasteiger partial charge in [0.05, 0.1) is 5.69 Å². The quantitative estimate of drug-likeness (QED) is 0.801. The number of rotatable bonds is 4. The van der Waals surface area contributed by atoms with E-state index in [0.29, 0.717) is 0 Å². The van der Waals surface area contributed by atoms with Gasteiger partial charge in [-0.3, -0.25) is 0 Å². The minimum Gasteiger partial charge on any atom is -0.361 e. The Morgan fingerprint density at radius 1 is 1.36 bits per heavy atom. The molecule has 0 saturated carbocycles. The van der Waals surface area contributed by atoms with Crippen LogP contribution in [0.15, 0.2) is 4.52 Å². The van der Waals surface area contributed by atoms with Crippen molar-refractivity contribution in [1.29, 1.82) is 0 Å². The van der Waals surface area contributed by atoms with Gasteiger partial charge in [0.1, 0.15) is 5.76 Å². The van der Waals surface area contributed by atoms with Crippen molar-refractivity contribution in [2.75, 3.05) is 13.6 Å². The van der Waals surface area contributed by atoms with E-state index in [4.69, 9.17) is 4.52 Å². The molecule has 0 amide bonds. The first-order valence-corrected chi connectivity index (χ1v) is 5.02. The minimum atomic E-state index is 0.246. The zero-order valence-electron chi connectivity index (χ0n) is 9.77. The standard InChI is InChI=1S/C11H20N2O/c1-8-10(9(2)14-13-8)6-11(3,4)7-12-5/h12H,6-7H2,1-5H3. The van der Waals surface area contributed by atoms with Crippen LogP contribution in [0.2, 0.25) is 0 Å². The Morgan fingerprint density at radius 2 is 2.00 bits per heavy atom. The van der Waals surface area contributed by atoms with E-state index in [1.807, 2.05) is 20.9 Å². The molecule has 1 heterocycles. The molecule has 1 N–H and O–H groups in total. The van der Waals surface area contributed by atoms with E-state index in [1.165, 1.54) is 5.56 Å². The smallest absolute Gasteiger partial charge is 0.137 e. The fraction of sp³-hybridized carbons (Fsp3) is 0.727. The maximum Gasteiger partial charge on any atom is 0.137 e. The Labute approximate surface area is 85.9 Å². The Balaban J connectivity index is 2.77. The molecular formula is C11H20N2O. The third kappa shape index (κ3) is 2.58. The van der Waals surface area contributed by atoms with Crippen molar-refractivity contribution in [1.82, 2.24) is 10.5 Å². The molecule has 0 aliphatic rings. The van der Waals surface area contributed by atoms with Crippen LogP contribution in [0.5, 0.6) is 0 Å². The van der Waals surface area contributed by atoms with Crippen LogP contribution < -0.4 is 5.32 Å². The first-order valence-electron chi connectivity index (χ1n) is 5.02. The lowest BCUT2D eigenvalue weighted by Gasteiger charge is -2.23. The molecule has 0 aliphatic heterocycles. The Morgan fingerprint density at radius 3 is 2.43 bits per heavy atom.